The van der Waals surface area contributed by atoms with Crippen molar-refractivity contribution in [1.82, 2.24) is 0 Å². The van der Waals surface area contributed by atoms with Crippen LogP contribution >= 0.6 is 0 Å². The van der Waals surface area contributed by atoms with E-state index in [2.05, 4.69) is 10.5 Å². The highest BCUT2D eigenvalue weighted by atomic mass is 16.7. The molecule has 0 amide bonds. The minimum atomic E-state index is -1.01. The number of hydrazone groups is 1. The number of ether oxygens (including phenoxy) is 2. The Morgan fingerprint density at radius 1 is 1.23 bits per heavy atom. The maximum absolute atomic E-state index is 10.9. The number of carbonyl (C=O) groups is 1. The smallest absolute Gasteiger partial charge is 0.335 e. The normalized spacial score (nSPS) is 12.5. The quantitative estimate of drug-likeness (QED) is 0.591. The fourth-order valence-electron chi connectivity index (χ4n) is 1.95. The predicted octanol–water partition coefficient (Wildman–Crippen LogP) is 2.27. The number of phenolic OH excluding ortho intramolecular Hbond substituents is 1. The first-order valence-electron chi connectivity index (χ1n) is 6.38. The van der Waals surface area contributed by atoms with E-state index in [4.69, 9.17) is 14.6 Å². The summed E-state index contributed by atoms with van der Waals surface area (Å²) in [4.78, 5) is 10.9. The first-order chi connectivity index (χ1) is 10.6. The van der Waals surface area contributed by atoms with E-state index < -0.39 is 5.97 Å². The third kappa shape index (κ3) is 2.78. The topological polar surface area (TPSA) is 100 Å². The van der Waals surface area contributed by atoms with E-state index in [9.17, 15) is 9.90 Å². The summed E-state index contributed by atoms with van der Waals surface area (Å²) in [5.41, 5.74) is 3.84. The molecule has 1 aliphatic rings. The predicted molar refractivity (Wildman–Crippen MR) is 78.8 cm³/mol. The van der Waals surface area contributed by atoms with Crippen molar-refractivity contribution in [3.63, 3.8) is 0 Å². The maximum atomic E-state index is 10.9. The van der Waals surface area contributed by atoms with Crippen molar-refractivity contribution in [2.75, 3.05) is 12.2 Å². The number of rotatable bonds is 4. The molecule has 0 saturated heterocycles. The highest BCUT2D eigenvalue weighted by molar-refractivity contribution is 5.89. The molecule has 22 heavy (non-hydrogen) atoms. The Morgan fingerprint density at radius 3 is 2.77 bits per heavy atom. The molecule has 7 heteroatoms. The molecule has 0 bridgehead atoms. The molecule has 1 heterocycles. The third-order valence-corrected chi connectivity index (χ3v) is 3.03. The number of carboxylic acid groups (broad SMARTS) is 1. The van der Waals surface area contributed by atoms with Crippen molar-refractivity contribution in [3.8, 4) is 17.2 Å². The van der Waals surface area contributed by atoms with Crippen molar-refractivity contribution in [1.29, 1.82) is 0 Å². The van der Waals surface area contributed by atoms with E-state index >= 15 is 0 Å². The van der Waals surface area contributed by atoms with E-state index in [1.807, 2.05) is 0 Å². The third-order valence-electron chi connectivity index (χ3n) is 3.03. The summed E-state index contributed by atoms with van der Waals surface area (Å²) >= 11 is 0. The Kier molecular flexibility index (Phi) is 3.53. The molecule has 3 N–H and O–H groups in total. The second-order valence-corrected chi connectivity index (χ2v) is 4.52. The summed E-state index contributed by atoms with van der Waals surface area (Å²) in [5, 5.41) is 22.7. The number of nitrogens with zero attached hydrogens (tertiary/aromatic N) is 1. The van der Waals surface area contributed by atoms with E-state index in [1.54, 1.807) is 18.2 Å². The second-order valence-electron chi connectivity index (χ2n) is 4.52. The van der Waals surface area contributed by atoms with Crippen LogP contribution < -0.4 is 14.9 Å². The van der Waals surface area contributed by atoms with Crippen LogP contribution in [-0.2, 0) is 0 Å². The average Bonchev–Trinajstić information content (AvgIpc) is 2.94. The molecule has 0 radical (unpaired) electrons. The SMILES string of the molecule is O=C(O)c1cccc(N/N=C/c2cc3c(cc2O)OCO3)c1. The first kappa shape index (κ1) is 13.7. The van der Waals surface area contributed by atoms with Crippen LogP contribution in [-0.4, -0.2) is 29.2 Å². The van der Waals surface area contributed by atoms with Gasteiger partial charge in [-0.15, -0.1) is 0 Å². The largest absolute Gasteiger partial charge is 0.507 e. The summed E-state index contributed by atoms with van der Waals surface area (Å²) in [5.74, 6) is 0.0130. The Labute approximate surface area is 125 Å². The summed E-state index contributed by atoms with van der Waals surface area (Å²) in [6, 6.07) is 9.30. The number of hydrogen-bond donors (Lipinski definition) is 3. The minimum Gasteiger partial charge on any atom is -0.507 e. The number of aromatic carboxylic acids is 1. The van der Waals surface area contributed by atoms with Gasteiger partial charge in [0.25, 0.3) is 0 Å². The zero-order chi connectivity index (χ0) is 15.5. The molecule has 1 aliphatic heterocycles. The number of anilines is 1. The van der Waals surface area contributed by atoms with E-state index in [0.717, 1.165) is 0 Å². The molecule has 0 aromatic heterocycles. The van der Waals surface area contributed by atoms with Crippen LogP contribution in [0.2, 0.25) is 0 Å². The van der Waals surface area contributed by atoms with Gasteiger partial charge in [-0.2, -0.15) is 5.10 Å². The minimum absolute atomic E-state index is 0.00841. The van der Waals surface area contributed by atoms with E-state index in [0.29, 0.717) is 22.7 Å². The lowest BCUT2D eigenvalue weighted by atomic mass is 10.2. The molecule has 3 rings (SSSR count). The molecule has 0 atom stereocenters. The number of fused-ring (bicyclic) bond motifs is 1. The van der Waals surface area contributed by atoms with Gasteiger partial charge in [-0.05, 0) is 24.3 Å². The molecule has 0 unspecified atom stereocenters. The Bertz CT molecular complexity index is 758. The maximum Gasteiger partial charge on any atom is 0.335 e. The molecular weight excluding hydrogens is 288 g/mol. The Morgan fingerprint density at radius 2 is 2.00 bits per heavy atom. The summed E-state index contributed by atoms with van der Waals surface area (Å²) < 4.78 is 10.4. The van der Waals surface area contributed by atoms with Gasteiger partial charge in [0, 0.05) is 11.6 Å². The number of carboxylic acids is 1. The molecule has 0 saturated carbocycles. The fourth-order valence-corrected chi connectivity index (χ4v) is 1.95. The zero-order valence-corrected chi connectivity index (χ0v) is 11.3. The van der Waals surface area contributed by atoms with Crippen LogP contribution in [0.5, 0.6) is 17.2 Å². The van der Waals surface area contributed by atoms with Crippen LogP contribution in [0.25, 0.3) is 0 Å². The van der Waals surface area contributed by atoms with Crippen LogP contribution in [0.1, 0.15) is 15.9 Å². The molecule has 0 fully saturated rings. The van der Waals surface area contributed by atoms with Crippen molar-refractivity contribution in [2.45, 2.75) is 0 Å². The number of benzene rings is 2. The van der Waals surface area contributed by atoms with E-state index in [1.165, 1.54) is 24.4 Å². The van der Waals surface area contributed by atoms with Gasteiger partial charge in [-0.25, -0.2) is 4.79 Å². The van der Waals surface area contributed by atoms with Crippen molar-refractivity contribution < 1.29 is 24.5 Å². The Hall–Kier alpha value is -3.22. The highest BCUT2D eigenvalue weighted by Crippen LogP contribution is 2.36. The van der Waals surface area contributed by atoms with Gasteiger partial charge < -0.3 is 19.7 Å². The average molecular weight is 300 g/mol. The van der Waals surface area contributed by atoms with Crippen molar-refractivity contribution in [2.24, 2.45) is 5.10 Å². The lowest BCUT2D eigenvalue weighted by molar-refractivity contribution is 0.0697. The lowest BCUT2D eigenvalue weighted by Gasteiger charge is -2.03. The molecular formula is C15H12N2O5. The summed E-state index contributed by atoms with van der Waals surface area (Å²) in [6.07, 6.45) is 1.41. The number of nitrogens with one attached hydrogen (secondary N) is 1. The fraction of sp³-hybridized carbons (Fsp3) is 0.0667. The van der Waals surface area contributed by atoms with Gasteiger partial charge in [0.1, 0.15) is 5.75 Å². The van der Waals surface area contributed by atoms with Crippen LogP contribution in [0.15, 0.2) is 41.5 Å². The highest BCUT2D eigenvalue weighted by Gasteiger charge is 2.16. The molecule has 0 aliphatic carbocycles. The van der Waals surface area contributed by atoms with Gasteiger partial charge in [0.2, 0.25) is 6.79 Å². The molecule has 2 aromatic carbocycles. The molecule has 112 valence electrons. The van der Waals surface area contributed by atoms with Gasteiger partial charge in [0.05, 0.1) is 17.5 Å². The van der Waals surface area contributed by atoms with Gasteiger partial charge in [-0.3, -0.25) is 5.43 Å². The van der Waals surface area contributed by atoms with Gasteiger partial charge in [-0.1, -0.05) is 6.07 Å². The van der Waals surface area contributed by atoms with Gasteiger partial charge in [0.15, 0.2) is 11.5 Å². The number of phenols is 1. The number of hydrogen-bond acceptors (Lipinski definition) is 6. The summed E-state index contributed by atoms with van der Waals surface area (Å²) in [6.45, 7) is 0.121. The number of aromatic hydroxyl groups is 1. The zero-order valence-electron chi connectivity index (χ0n) is 11.3. The van der Waals surface area contributed by atoms with E-state index in [-0.39, 0.29) is 18.1 Å². The van der Waals surface area contributed by atoms with Gasteiger partial charge >= 0.3 is 5.97 Å². The molecule has 7 nitrogen and oxygen atoms in total. The van der Waals surface area contributed by atoms with Crippen LogP contribution in [0.4, 0.5) is 5.69 Å². The van der Waals surface area contributed by atoms with Crippen molar-refractivity contribution in [3.05, 3.63) is 47.5 Å². The Balaban J connectivity index is 1.75. The first-order valence-corrected chi connectivity index (χ1v) is 6.38. The molecule has 2 aromatic rings. The standard InChI is InChI=1S/C15H12N2O5/c18-12-6-14-13(21-8-22-14)5-10(12)7-16-17-11-3-1-2-9(4-11)15(19)20/h1-7,17-18H,8H2,(H,19,20)/b16-7+. The summed E-state index contributed by atoms with van der Waals surface area (Å²) in [7, 11) is 0. The monoisotopic (exact) mass is 300 g/mol. The second kappa shape index (κ2) is 5.65. The van der Waals surface area contributed by atoms with Crippen LogP contribution in [0, 0.1) is 0 Å². The molecule has 0 spiro atoms. The van der Waals surface area contributed by atoms with Crippen molar-refractivity contribution >= 4 is 17.9 Å². The lowest BCUT2D eigenvalue weighted by Crippen LogP contribution is -1.97. The van der Waals surface area contributed by atoms with Crippen LogP contribution in [0.3, 0.4) is 0 Å².